The fourth-order valence-corrected chi connectivity index (χ4v) is 2.72. The van der Waals surface area contributed by atoms with Gasteiger partial charge in [0.25, 0.3) is 5.91 Å². The number of benzene rings is 2. The van der Waals surface area contributed by atoms with E-state index in [2.05, 4.69) is 5.32 Å². The fourth-order valence-electron chi connectivity index (χ4n) is 2.72. The highest BCUT2D eigenvalue weighted by molar-refractivity contribution is 6.09. The molecule has 1 heterocycles. The molecular formula is C23H18N2O4. The van der Waals surface area contributed by atoms with Crippen molar-refractivity contribution >= 4 is 23.6 Å². The molecule has 3 rings (SSSR count). The van der Waals surface area contributed by atoms with E-state index in [0.717, 1.165) is 11.1 Å². The highest BCUT2D eigenvalue weighted by Crippen LogP contribution is 2.27. The number of carboxylic acids is 1. The number of hydrogen-bond acceptors (Lipinski definition) is 4. The van der Waals surface area contributed by atoms with E-state index >= 15 is 0 Å². The summed E-state index contributed by atoms with van der Waals surface area (Å²) in [6.07, 6.45) is 1.35. The predicted octanol–water partition coefficient (Wildman–Crippen LogP) is 4.81. The summed E-state index contributed by atoms with van der Waals surface area (Å²) in [4.78, 5) is 23.6. The van der Waals surface area contributed by atoms with Crippen LogP contribution in [0.25, 0.3) is 17.4 Å². The van der Waals surface area contributed by atoms with Crippen LogP contribution in [-0.4, -0.2) is 17.0 Å². The lowest BCUT2D eigenvalue weighted by Crippen LogP contribution is -2.13. The Hall–Kier alpha value is -4.11. The molecule has 0 aliphatic rings. The van der Waals surface area contributed by atoms with Gasteiger partial charge in [0, 0.05) is 17.3 Å². The summed E-state index contributed by atoms with van der Waals surface area (Å²) in [7, 11) is 0. The van der Waals surface area contributed by atoms with E-state index in [1.165, 1.54) is 18.2 Å². The second-order valence-corrected chi connectivity index (χ2v) is 6.53. The van der Waals surface area contributed by atoms with Crippen molar-refractivity contribution in [2.24, 2.45) is 0 Å². The molecule has 0 unspecified atom stereocenters. The van der Waals surface area contributed by atoms with Crippen LogP contribution in [0.5, 0.6) is 0 Å². The molecule has 1 aromatic heterocycles. The van der Waals surface area contributed by atoms with E-state index in [9.17, 15) is 20.0 Å². The highest BCUT2D eigenvalue weighted by atomic mass is 16.4. The molecule has 2 N–H and O–H groups in total. The van der Waals surface area contributed by atoms with Crippen molar-refractivity contribution in [1.29, 1.82) is 5.26 Å². The zero-order valence-corrected chi connectivity index (χ0v) is 15.9. The van der Waals surface area contributed by atoms with Gasteiger partial charge in [0.05, 0.1) is 5.56 Å². The fraction of sp³-hybridized carbons (Fsp3) is 0.0870. The second kappa shape index (κ2) is 8.28. The number of hydrogen-bond donors (Lipinski definition) is 2. The molecular weight excluding hydrogens is 368 g/mol. The Labute approximate surface area is 167 Å². The summed E-state index contributed by atoms with van der Waals surface area (Å²) in [6.45, 7) is 3.78. The van der Waals surface area contributed by atoms with Crippen LogP contribution in [0, 0.1) is 25.2 Å². The van der Waals surface area contributed by atoms with E-state index in [1.807, 2.05) is 32.0 Å². The number of rotatable bonds is 5. The predicted molar refractivity (Wildman–Crippen MR) is 109 cm³/mol. The first kappa shape index (κ1) is 19.6. The number of aromatic carboxylic acids is 1. The van der Waals surface area contributed by atoms with E-state index in [0.29, 0.717) is 22.8 Å². The number of amides is 1. The first-order chi connectivity index (χ1) is 13.9. The van der Waals surface area contributed by atoms with Crippen LogP contribution in [0.2, 0.25) is 0 Å². The molecule has 0 aliphatic carbocycles. The Morgan fingerprint density at radius 2 is 1.79 bits per heavy atom. The van der Waals surface area contributed by atoms with Crippen LogP contribution in [0.1, 0.15) is 27.2 Å². The molecule has 29 heavy (non-hydrogen) atoms. The lowest BCUT2D eigenvalue weighted by Gasteiger charge is -2.05. The van der Waals surface area contributed by atoms with Crippen molar-refractivity contribution in [2.45, 2.75) is 13.8 Å². The van der Waals surface area contributed by atoms with Gasteiger partial charge in [-0.1, -0.05) is 23.8 Å². The molecule has 144 valence electrons. The van der Waals surface area contributed by atoms with Gasteiger partial charge >= 0.3 is 5.97 Å². The number of nitrogens with zero attached hydrogens (tertiary/aromatic N) is 1. The van der Waals surface area contributed by atoms with Crippen molar-refractivity contribution in [3.05, 3.63) is 82.6 Å². The SMILES string of the molecule is Cc1ccc(NC(=O)/C(C#N)=C\c2ccc(-c3cc(C(=O)O)ccc3C)o2)cc1. The molecule has 0 radical (unpaired) electrons. The molecule has 6 heteroatoms. The number of nitrogens with one attached hydrogen (secondary N) is 1. The van der Waals surface area contributed by atoms with E-state index in [4.69, 9.17) is 4.42 Å². The van der Waals surface area contributed by atoms with Crippen LogP contribution >= 0.6 is 0 Å². The summed E-state index contributed by atoms with van der Waals surface area (Å²) < 4.78 is 5.73. The third-order valence-electron chi connectivity index (χ3n) is 4.34. The molecule has 0 aliphatic heterocycles. The van der Waals surface area contributed by atoms with Gasteiger partial charge in [0.2, 0.25) is 0 Å². The molecule has 0 spiro atoms. The summed E-state index contributed by atoms with van der Waals surface area (Å²) in [5.41, 5.74) is 3.16. The maximum absolute atomic E-state index is 12.4. The molecule has 0 saturated heterocycles. The number of carbonyl (C=O) groups is 2. The number of anilines is 1. The van der Waals surface area contributed by atoms with Crippen molar-refractivity contribution in [3.8, 4) is 17.4 Å². The van der Waals surface area contributed by atoms with Crippen LogP contribution in [0.4, 0.5) is 5.69 Å². The van der Waals surface area contributed by atoms with E-state index in [-0.39, 0.29) is 11.1 Å². The maximum Gasteiger partial charge on any atom is 0.335 e. The zero-order chi connectivity index (χ0) is 21.0. The van der Waals surface area contributed by atoms with Gasteiger partial charge in [-0.2, -0.15) is 5.26 Å². The van der Waals surface area contributed by atoms with Gasteiger partial charge in [-0.3, -0.25) is 4.79 Å². The smallest absolute Gasteiger partial charge is 0.335 e. The van der Waals surface area contributed by atoms with Crippen molar-refractivity contribution in [2.75, 3.05) is 5.32 Å². The lowest BCUT2D eigenvalue weighted by atomic mass is 10.0. The van der Waals surface area contributed by atoms with Crippen molar-refractivity contribution in [3.63, 3.8) is 0 Å². The molecule has 0 atom stereocenters. The Balaban J connectivity index is 1.85. The molecule has 0 bridgehead atoms. The number of carboxylic acid groups (broad SMARTS) is 1. The molecule has 6 nitrogen and oxygen atoms in total. The van der Waals surface area contributed by atoms with Crippen LogP contribution in [0.3, 0.4) is 0 Å². The number of aryl methyl sites for hydroxylation is 2. The lowest BCUT2D eigenvalue weighted by molar-refractivity contribution is -0.112. The second-order valence-electron chi connectivity index (χ2n) is 6.53. The van der Waals surface area contributed by atoms with Crippen molar-refractivity contribution in [1.82, 2.24) is 0 Å². The van der Waals surface area contributed by atoms with Gasteiger partial charge < -0.3 is 14.8 Å². The molecule has 3 aromatic rings. The van der Waals surface area contributed by atoms with Gasteiger partial charge in [-0.05, 0) is 55.8 Å². The quantitative estimate of drug-likeness (QED) is 0.484. The largest absolute Gasteiger partial charge is 0.478 e. The first-order valence-electron chi connectivity index (χ1n) is 8.81. The highest BCUT2D eigenvalue weighted by Gasteiger charge is 2.13. The summed E-state index contributed by atoms with van der Waals surface area (Å²) in [5.74, 6) is -0.806. The van der Waals surface area contributed by atoms with Gasteiger partial charge in [-0.15, -0.1) is 0 Å². The number of furan rings is 1. The first-order valence-corrected chi connectivity index (χ1v) is 8.81. The summed E-state index contributed by atoms with van der Waals surface area (Å²) in [5, 5.41) is 21.2. The topological polar surface area (TPSA) is 103 Å². The Kier molecular flexibility index (Phi) is 5.61. The van der Waals surface area contributed by atoms with Gasteiger partial charge in [0.15, 0.2) is 0 Å². The average Bonchev–Trinajstić information content (AvgIpc) is 3.16. The van der Waals surface area contributed by atoms with E-state index < -0.39 is 11.9 Å². The Bertz CT molecular complexity index is 1150. The minimum atomic E-state index is -1.03. The summed E-state index contributed by atoms with van der Waals surface area (Å²) in [6, 6.07) is 17.2. The zero-order valence-electron chi connectivity index (χ0n) is 15.9. The standard InChI is InChI=1S/C23H18N2O4/c1-14-3-7-18(8-4-14)25-22(26)17(13-24)11-19-9-10-21(29-19)20-12-16(23(27)28)6-5-15(20)2/h3-12H,1-2H3,(H,25,26)(H,27,28)/b17-11-. The third kappa shape index (κ3) is 4.60. The van der Waals surface area contributed by atoms with Gasteiger partial charge in [0.1, 0.15) is 23.2 Å². The van der Waals surface area contributed by atoms with Crippen molar-refractivity contribution < 1.29 is 19.1 Å². The molecule has 1 amide bonds. The number of carbonyl (C=O) groups excluding carboxylic acids is 1. The molecule has 2 aromatic carbocycles. The summed E-state index contributed by atoms with van der Waals surface area (Å²) >= 11 is 0. The number of nitriles is 1. The molecule has 0 fully saturated rings. The Morgan fingerprint density at radius 1 is 1.07 bits per heavy atom. The maximum atomic E-state index is 12.4. The normalized spacial score (nSPS) is 11.0. The van der Waals surface area contributed by atoms with Crippen LogP contribution in [-0.2, 0) is 4.79 Å². The molecule has 0 saturated carbocycles. The monoisotopic (exact) mass is 386 g/mol. The van der Waals surface area contributed by atoms with Gasteiger partial charge in [-0.25, -0.2) is 4.79 Å². The third-order valence-corrected chi connectivity index (χ3v) is 4.34. The van der Waals surface area contributed by atoms with Crippen LogP contribution in [0.15, 0.2) is 64.6 Å². The van der Waals surface area contributed by atoms with Crippen LogP contribution < -0.4 is 5.32 Å². The minimum Gasteiger partial charge on any atom is -0.478 e. The van der Waals surface area contributed by atoms with E-state index in [1.54, 1.807) is 30.3 Å². The Morgan fingerprint density at radius 3 is 2.45 bits per heavy atom. The average molecular weight is 386 g/mol. The minimum absolute atomic E-state index is 0.109.